The lowest BCUT2D eigenvalue weighted by molar-refractivity contribution is 0.120. The number of anilines is 1. The quantitative estimate of drug-likeness (QED) is 0.822. The minimum absolute atomic E-state index is 0.0882. The molecule has 0 aromatic heterocycles. The Morgan fingerprint density at radius 3 is 2.30 bits per heavy atom. The van der Waals surface area contributed by atoms with Crippen molar-refractivity contribution < 1.29 is 14.2 Å². The predicted octanol–water partition coefficient (Wildman–Crippen LogP) is 3.81. The van der Waals surface area contributed by atoms with Crippen LogP contribution >= 0.6 is 11.6 Å². The fourth-order valence-corrected chi connectivity index (χ4v) is 1.83. The molecule has 0 heterocycles. The van der Waals surface area contributed by atoms with Crippen LogP contribution in [0.2, 0.25) is 5.02 Å². The Morgan fingerprint density at radius 2 is 1.70 bits per heavy atom. The lowest BCUT2D eigenvalue weighted by Gasteiger charge is -2.11. The van der Waals surface area contributed by atoms with Crippen molar-refractivity contribution in [3.63, 3.8) is 0 Å². The van der Waals surface area contributed by atoms with Gasteiger partial charge in [0.15, 0.2) is 0 Å². The smallest absolute Gasteiger partial charge is 0.230 e. The zero-order valence-corrected chi connectivity index (χ0v) is 12.1. The molecule has 5 heteroatoms. The summed E-state index contributed by atoms with van der Waals surface area (Å²) in [5, 5.41) is 3.52. The Hall–Kier alpha value is -2.07. The number of benzene rings is 2. The summed E-state index contributed by atoms with van der Waals surface area (Å²) < 4.78 is 16.0. The SMILES string of the molecule is CNc1ccc(OCOc2ccc(OC)cc2Cl)cc1. The maximum Gasteiger partial charge on any atom is 0.230 e. The highest BCUT2D eigenvalue weighted by Crippen LogP contribution is 2.28. The molecule has 0 saturated heterocycles. The van der Waals surface area contributed by atoms with Crippen LogP contribution in [0, 0.1) is 0 Å². The van der Waals surface area contributed by atoms with Gasteiger partial charge in [0.25, 0.3) is 0 Å². The second-order valence-electron chi connectivity index (χ2n) is 3.98. The number of rotatable bonds is 6. The van der Waals surface area contributed by atoms with Crippen molar-refractivity contribution in [2.24, 2.45) is 0 Å². The van der Waals surface area contributed by atoms with Crippen molar-refractivity contribution in [1.29, 1.82) is 0 Å². The van der Waals surface area contributed by atoms with E-state index in [0.717, 1.165) is 11.4 Å². The van der Waals surface area contributed by atoms with Crippen molar-refractivity contribution >= 4 is 17.3 Å². The Balaban J connectivity index is 1.88. The molecule has 4 nitrogen and oxygen atoms in total. The summed E-state index contributed by atoms with van der Waals surface area (Å²) in [5.41, 5.74) is 1.02. The normalized spacial score (nSPS) is 9.95. The zero-order chi connectivity index (χ0) is 14.4. The first-order valence-corrected chi connectivity index (χ1v) is 6.47. The monoisotopic (exact) mass is 293 g/mol. The zero-order valence-electron chi connectivity index (χ0n) is 11.4. The van der Waals surface area contributed by atoms with Gasteiger partial charge in [0.1, 0.15) is 17.2 Å². The number of methoxy groups -OCH3 is 1. The van der Waals surface area contributed by atoms with E-state index in [1.807, 2.05) is 31.3 Å². The number of hydrogen-bond acceptors (Lipinski definition) is 4. The van der Waals surface area contributed by atoms with E-state index in [-0.39, 0.29) is 6.79 Å². The van der Waals surface area contributed by atoms with E-state index in [9.17, 15) is 0 Å². The van der Waals surface area contributed by atoms with E-state index in [1.54, 1.807) is 25.3 Å². The number of hydrogen-bond donors (Lipinski definition) is 1. The molecule has 0 aliphatic rings. The fraction of sp³-hybridized carbons (Fsp3) is 0.200. The van der Waals surface area contributed by atoms with Gasteiger partial charge in [0.05, 0.1) is 12.1 Å². The minimum Gasteiger partial charge on any atom is -0.497 e. The van der Waals surface area contributed by atoms with Gasteiger partial charge in [-0.2, -0.15) is 0 Å². The molecule has 2 aromatic carbocycles. The Kier molecular flexibility index (Phi) is 4.96. The van der Waals surface area contributed by atoms with Crippen LogP contribution < -0.4 is 19.5 Å². The molecule has 0 aliphatic carbocycles. The summed E-state index contributed by atoms with van der Waals surface area (Å²) >= 11 is 6.06. The summed E-state index contributed by atoms with van der Waals surface area (Å²) in [6.07, 6.45) is 0. The largest absolute Gasteiger partial charge is 0.497 e. The molecule has 20 heavy (non-hydrogen) atoms. The maximum atomic E-state index is 6.06. The maximum absolute atomic E-state index is 6.06. The van der Waals surface area contributed by atoms with E-state index in [0.29, 0.717) is 16.5 Å². The fourth-order valence-electron chi connectivity index (χ4n) is 1.60. The molecule has 0 saturated carbocycles. The van der Waals surface area contributed by atoms with Gasteiger partial charge in [0.2, 0.25) is 6.79 Å². The summed E-state index contributed by atoms with van der Waals surface area (Å²) in [6.45, 7) is 0.0882. The molecule has 2 aromatic rings. The lowest BCUT2D eigenvalue weighted by atomic mass is 10.3. The van der Waals surface area contributed by atoms with E-state index in [4.69, 9.17) is 25.8 Å². The Labute approximate surface area is 123 Å². The van der Waals surface area contributed by atoms with Gasteiger partial charge in [-0.3, -0.25) is 0 Å². The molecule has 0 aliphatic heterocycles. The van der Waals surface area contributed by atoms with Crippen LogP contribution in [0.5, 0.6) is 17.2 Å². The first-order chi connectivity index (χ1) is 9.72. The molecule has 0 spiro atoms. The highest BCUT2D eigenvalue weighted by molar-refractivity contribution is 6.32. The average molecular weight is 294 g/mol. The molecule has 0 unspecified atom stereocenters. The summed E-state index contributed by atoms with van der Waals surface area (Å²) in [5.74, 6) is 1.97. The predicted molar refractivity (Wildman–Crippen MR) is 80.1 cm³/mol. The van der Waals surface area contributed by atoms with E-state index >= 15 is 0 Å². The third-order valence-electron chi connectivity index (χ3n) is 2.72. The Bertz CT molecular complexity index is 558. The number of halogens is 1. The second-order valence-corrected chi connectivity index (χ2v) is 4.38. The topological polar surface area (TPSA) is 39.7 Å². The van der Waals surface area contributed by atoms with Crippen LogP contribution in [0.1, 0.15) is 0 Å². The first-order valence-electron chi connectivity index (χ1n) is 6.10. The third kappa shape index (κ3) is 3.71. The molecular weight excluding hydrogens is 278 g/mol. The van der Waals surface area contributed by atoms with E-state index in [2.05, 4.69) is 5.32 Å². The second kappa shape index (κ2) is 6.91. The van der Waals surface area contributed by atoms with Gasteiger partial charge in [-0.05, 0) is 36.4 Å². The minimum atomic E-state index is 0.0882. The molecule has 106 valence electrons. The average Bonchev–Trinajstić information content (AvgIpc) is 2.49. The van der Waals surface area contributed by atoms with Crippen LogP contribution in [-0.2, 0) is 0 Å². The van der Waals surface area contributed by atoms with Gasteiger partial charge < -0.3 is 19.5 Å². The van der Waals surface area contributed by atoms with Crippen LogP contribution in [0.3, 0.4) is 0 Å². The van der Waals surface area contributed by atoms with Crippen molar-refractivity contribution in [3.05, 3.63) is 47.5 Å². The summed E-state index contributed by atoms with van der Waals surface area (Å²) in [4.78, 5) is 0. The molecule has 0 radical (unpaired) electrons. The highest BCUT2D eigenvalue weighted by Gasteiger charge is 2.03. The van der Waals surface area contributed by atoms with Crippen LogP contribution in [0.15, 0.2) is 42.5 Å². The molecule has 0 fully saturated rings. The van der Waals surface area contributed by atoms with Crippen LogP contribution in [0.25, 0.3) is 0 Å². The summed E-state index contributed by atoms with van der Waals surface area (Å²) in [6, 6.07) is 12.8. The lowest BCUT2D eigenvalue weighted by Crippen LogP contribution is -2.06. The van der Waals surface area contributed by atoms with Gasteiger partial charge in [-0.15, -0.1) is 0 Å². The van der Waals surface area contributed by atoms with Crippen molar-refractivity contribution in [3.8, 4) is 17.2 Å². The number of nitrogens with one attached hydrogen (secondary N) is 1. The highest BCUT2D eigenvalue weighted by atomic mass is 35.5. The van der Waals surface area contributed by atoms with Crippen molar-refractivity contribution in [1.82, 2.24) is 0 Å². The van der Waals surface area contributed by atoms with E-state index < -0.39 is 0 Å². The van der Waals surface area contributed by atoms with Crippen molar-refractivity contribution in [2.75, 3.05) is 26.3 Å². The standard InChI is InChI=1S/C15H16ClNO3/c1-17-11-3-5-12(6-4-11)19-10-20-15-8-7-13(18-2)9-14(15)16/h3-9,17H,10H2,1-2H3. The molecule has 2 rings (SSSR count). The molecule has 0 amide bonds. The van der Waals surface area contributed by atoms with Crippen LogP contribution in [0.4, 0.5) is 5.69 Å². The summed E-state index contributed by atoms with van der Waals surface area (Å²) in [7, 11) is 3.45. The van der Waals surface area contributed by atoms with Gasteiger partial charge in [0, 0.05) is 18.8 Å². The van der Waals surface area contributed by atoms with Gasteiger partial charge in [-0.1, -0.05) is 11.6 Å². The molecule has 0 atom stereocenters. The van der Waals surface area contributed by atoms with Crippen LogP contribution in [-0.4, -0.2) is 21.0 Å². The van der Waals surface area contributed by atoms with Gasteiger partial charge >= 0.3 is 0 Å². The Morgan fingerprint density at radius 1 is 1.00 bits per heavy atom. The molecule has 0 bridgehead atoms. The molecule has 1 N–H and O–H groups in total. The van der Waals surface area contributed by atoms with E-state index in [1.165, 1.54) is 0 Å². The molecular formula is C15H16ClNO3. The first kappa shape index (κ1) is 14.3. The van der Waals surface area contributed by atoms with Gasteiger partial charge in [-0.25, -0.2) is 0 Å². The number of ether oxygens (including phenoxy) is 3. The van der Waals surface area contributed by atoms with Crippen molar-refractivity contribution in [2.45, 2.75) is 0 Å². The third-order valence-corrected chi connectivity index (χ3v) is 3.02.